The van der Waals surface area contributed by atoms with Crippen LogP contribution in [0.25, 0.3) is 0 Å². The average molecular weight is 1450 g/mol. The van der Waals surface area contributed by atoms with Gasteiger partial charge >= 0.3 is 58.6 Å². The van der Waals surface area contributed by atoms with Crippen LogP contribution in [-0.4, -0.2) is 126 Å². The summed E-state index contributed by atoms with van der Waals surface area (Å²) in [6.45, 7) is 2.10. The number of carboxylic acid groups (broad SMARTS) is 4. The minimum Gasteiger partial charge on any atom is -0.481 e. The van der Waals surface area contributed by atoms with Gasteiger partial charge in [-0.25, -0.2) is 13.7 Å². The Bertz CT molecular complexity index is 2880. The Balaban J connectivity index is -0.000000390. The predicted molar refractivity (Wildman–Crippen MR) is 342 cm³/mol. The van der Waals surface area contributed by atoms with Crippen molar-refractivity contribution in [3.05, 3.63) is 169 Å². The van der Waals surface area contributed by atoms with Gasteiger partial charge in [-0.15, -0.1) is 0 Å². The van der Waals surface area contributed by atoms with Crippen LogP contribution in [0.5, 0.6) is 17.2 Å². The van der Waals surface area contributed by atoms with Gasteiger partial charge in [0.2, 0.25) is 0 Å². The van der Waals surface area contributed by atoms with Gasteiger partial charge in [0.05, 0.1) is 43.7 Å². The van der Waals surface area contributed by atoms with Crippen LogP contribution in [0.4, 0.5) is 0 Å². The Kier molecular flexibility index (Phi) is 50.1. The van der Waals surface area contributed by atoms with E-state index < -0.39 is 64.7 Å². The molecular weight excluding hydrogens is 1360 g/mol. The van der Waals surface area contributed by atoms with Crippen molar-refractivity contribution < 1.29 is 131 Å². The molecule has 0 aliphatic rings. The third kappa shape index (κ3) is 37.4. The topological polar surface area (TPSA) is 412 Å². The normalized spacial score (nSPS) is 12.9. The van der Waals surface area contributed by atoms with E-state index in [1.165, 1.54) is 45.6 Å². The van der Waals surface area contributed by atoms with E-state index in [9.17, 15) is 42.5 Å². The number of carboxylic acids is 4. The maximum Gasteiger partial charge on any atom is 0.378 e. The summed E-state index contributed by atoms with van der Waals surface area (Å²) in [5.74, 6) is -4.96. The number of hydrogen-bond donors (Lipinski definition) is 7. The molecule has 0 spiro atoms. The molecule has 6 atom stereocenters. The van der Waals surface area contributed by atoms with Crippen molar-refractivity contribution in [1.29, 1.82) is 0 Å². The molecule has 0 radical (unpaired) electrons. The first kappa shape index (κ1) is 91.2. The number of carbonyl (C=O) groups is 6. The monoisotopic (exact) mass is 1450 g/mol. The van der Waals surface area contributed by atoms with Gasteiger partial charge in [0.15, 0.2) is 0 Å². The minimum absolute atomic E-state index is 0. The van der Waals surface area contributed by atoms with E-state index in [2.05, 4.69) is 0 Å². The summed E-state index contributed by atoms with van der Waals surface area (Å²) >= 11 is 0. The molecule has 0 saturated carbocycles. The van der Waals surface area contributed by atoms with Gasteiger partial charge in [-0.1, -0.05) is 104 Å². The van der Waals surface area contributed by atoms with Crippen LogP contribution in [0.1, 0.15) is 54.0 Å². The van der Waals surface area contributed by atoms with Crippen LogP contribution >= 0.6 is 63.3 Å². The zero-order valence-corrected chi connectivity index (χ0v) is 56.4. The van der Waals surface area contributed by atoms with Crippen LogP contribution in [0.3, 0.4) is 0 Å². The molecular formula is C56H82N2O23P3PdS3-. The van der Waals surface area contributed by atoms with Crippen LogP contribution in [0.15, 0.2) is 133 Å². The molecule has 88 heavy (non-hydrogen) atoms. The fourth-order valence-corrected chi connectivity index (χ4v) is 10.9. The summed E-state index contributed by atoms with van der Waals surface area (Å²) in [5, 5.41) is 41.9. The molecule has 0 amide bonds. The zero-order chi connectivity index (χ0) is 61.3. The van der Waals surface area contributed by atoms with Gasteiger partial charge in [-0.2, -0.15) is 40.5 Å². The third-order valence-corrected chi connectivity index (χ3v) is 16.6. The Labute approximate surface area is 547 Å². The standard InChI is InChI=1S/C28H31O7P.2C13H18NO7P.CH4O.CH3.H2O.Pd.3H2S/c1-22(28(30)34-21-24-12-7-4-8-13-24)16-17-36(31,32-2)35-26-15-9-14-25(18-26)19-27(29)33-20-23-10-5-3-6-11-23;2*1-20-22(19,6-5-11(14)13(17)18)21-10-4-2-3-9(7-10)8-12(15)16;1-2;;;;;;/h3-15,18,22H,16-17,19-21H2,1-2H3;2*2-4,7,11H,5-6,8,14H2,1H3,(H,15,16)(H,17,18);2H,1H3;1H3;1H2;;3*1H2/q;;;;-1;;;;;/t22-,36-;2*11-,22-;;;;;;;/m000......./s1. The Morgan fingerprint density at radius 3 is 1.07 bits per heavy atom. The number of carbonyl (C=O) groups excluding carboxylic acids is 2. The van der Waals surface area contributed by atoms with Crippen molar-refractivity contribution in [3.63, 3.8) is 0 Å². The fourth-order valence-electron chi connectivity index (χ4n) is 6.63. The SMILES string of the molecule is CO.CO[P@@](=O)(CC[C@H](C)C(=O)OCc1ccccc1)Oc1cccc(CC(=O)OCc2ccccc2)c1.CO[P@@](=O)(CC[C@H](N)C(=O)O)Oc1cccc(CC(=O)O)c1.CO[P@@](=O)(CC[C@H](N)C(=O)O)Oc1cccc(CC(=O)O)c1.O.S.S.S.[CH3-].[Pd]. The van der Waals surface area contributed by atoms with Crippen molar-refractivity contribution in [2.24, 2.45) is 17.4 Å². The van der Waals surface area contributed by atoms with Crippen molar-refractivity contribution in [2.45, 2.75) is 70.7 Å². The number of benzene rings is 5. The maximum atomic E-state index is 13.2. The second kappa shape index (κ2) is 48.3. The molecule has 0 unspecified atom stereocenters. The van der Waals surface area contributed by atoms with Crippen molar-refractivity contribution in [2.75, 3.05) is 46.9 Å². The molecule has 0 saturated heterocycles. The van der Waals surface area contributed by atoms with E-state index in [1.54, 1.807) is 55.5 Å². The van der Waals surface area contributed by atoms with E-state index in [4.69, 9.17) is 73.6 Å². The molecule has 25 nitrogen and oxygen atoms in total. The first-order valence-corrected chi connectivity index (χ1v) is 30.1. The second-order valence-electron chi connectivity index (χ2n) is 17.5. The molecule has 32 heteroatoms. The molecule has 0 aromatic heterocycles. The summed E-state index contributed by atoms with van der Waals surface area (Å²) in [5.41, 5.74) is 14.1. The largest absolute Gasteiger partial charge is 0.481 e. The van der Waals surface area contributed by atoms with Crippen LogP contribution in [0, 0.1) is 13.3 Å². The Morgan fingerprint density at radius 2 is 0.761 bits per heavy atom. The summed E-state index contributed by atoms with van der Waals surface area (Å²) in [6, 6.07) is 35.5. The number of hydrogen-bond acceptors (Lipinski definition) is 20. The molecule has 0 aliphatic heterocycles. The average Bonchev–Trinajstić information content (AvgIpc) is 3.49. The number of rotatable bonds is 31. The number of esters is 2. The first-order valence-electron chi connectivity index (χ1n) is 24.9. The Morgan fingerprint density at radius 1 is 0.466 bits per heavy atom. The fraction of sp³-hybridized carbons (Fsp3) is 0.339. The number of aliphatic hydroxyl groups excluding tert-OH is 1. The molecule has 11 N–H and O–H groups in total. The first-order chi connectivity index (χ1) is 38.9. The number of ether oxygens (including phenoxy) is 2. The van der Waals surface area contributed by atoms with Crippen LogP contribution < -0.4 is 25.0 Å². The van der Waals surface area contributed by atoms with Crippen molar-refractivity contribution in [1.82, 2.24) is 0 Å². The molecule has 0 heterocycles. The van der Waals surface area contributed by atoms with Gasteiger partial charge in [0, 0.05) is 48.9 Å². The van der Waals surface area contributed by atoms with Gasteiger partial charge in [-0.05, 0) is 83.5 Å². The van der Waals surface area contributed by atoms with E-state index in [0.717, 1.165) is 18.2 Å². The van der Waals surface area contributed by atoms with Crippen LogP contribution in [-0.2, 0) is 118 Å². The predicted octanol–water partition coefficient (Wildman–Crippen LogP) is 8.20. The zero-order valence-electron chi connectivity index (χ0n) is 49.2. The number of nitrogens with two attached hydrogens (primary N) is 2. The van der Waals surface area contributed by atoms with Gasteiger partial charge in [0.1, 0.15) is 42.5 Å². The van der Waals surface area contributed by atoms with Crippen molar-refractivity contribution in [3.8, 4) is 17.2 Å². The molecule has 0 fully saturated rings. The van der Waals surface area contributed by atoms with E-state index in [1.807, 2.05) is 60.7 Å². The van der Waals surface area contributed by atoms with Gasteiger partial charge in [-0.3, -0.25) is 28.8 Å². The van der Waals surface area contributed by atoms with Crippen LogP contribution in [0.2, 0.25) is 0 Å². The van der Waals surface area contributed by atoms with E-state index in [0.29, 0.717) is 22.4 Å². The molecule has 498 valence electrons. The minimum atomic E-state index is -3.56. The summed E-state index contributed by atoms with van der Waals surface area (Å²) in [6.07, 6.45) is -0.522. The molecule has 0 bridgehead atoms. The third-order valence-electron chi connectivity index (χ3n) is 11.1. The number of aliphatic carboxylic acids is 4. The summed E-state index contributed by atoms with van der Waals surface area (Å²) in [7, 11) is -5.96. The van der Waals surface area contributed by atoms with E-state index in [-0.39, 0.29) is 167 Å². The van der Waals surface area contributed by atoms with Gasteiger partial charge < -0.3 is 86.5 Å². The Hall–Kier alpha value is -5.56. The molecule has 5 aromatic carbocycles. The molecule has 5 aromatic rings. The van der Waals surface area contributed by atoms with Gasteiger partial charge in [0.25, 0.3) is 0 Å². The molecule has 0 aliphatic carbocycles. The second-order valence-corrected chi connectivity index (χ2v) is 24.1. The maximum absolute atomic E-state index is 13.2. The van der Waals surface area contributed by atoms with E-state index >= 15 is 0 Å². The molecule has 5 rings (SSSR count). The van der Waals surface area contributed by atoms with Crippen molar-refractivity contribution >= 4 is 99.1 Å². The smallest absolute Gasteiger partial charge is 0.378 e. The summed E-state index contributed by atoms with van der Waals surface area (Å²) in [4.78, 5) is 67.2. The summed E-state index contributed by atoms with van der Waals surface area (Å²) < 4.78 is 79.9. The number of aliphatic hydroxyl groups is 1. The quantitative estimate of drug-likeness (QED) is 0.00950.